The largest absolute Gasteiger partial charge is 0.445 e. The molecule has 1 heterocycles. The van der Waals surface area contributed by atoms with Crippen molar-refractivity contribution in [1.29, 1.82) is 0 Å². The number of likely N-dealkylation sites (tertiary alicyclic amines) is 1. The molecule has 4 atom stereocenters. The predicted molar refractivity (Wildman–Crippen MR) is 122 cm³/mol. The van der Waals surface area contributed by atoms with Crippen molar-refractivity contribution in [2.24, 2.45) is 0 Å². The normalized spacial score (nSPS) is 26.0. The molecule has 1 saturated carbocycles. The highest BCUT2D eigenvalue weighted by atomic mass is 16.5. The van der Waals surface area contributed by atoms with E-state index in [0.717, 1.165) is 24.8 Å². The monoisotopic (exact) mass is 444 g/mol. The van der Waals surface area contributed by atoms with Crippen LogP contribution in [-0.2, 0) is 20.9 Å². The maximum atomic E-state index is 13.1. The van der Waals surface area contributed by atoms with Crippen LogP contribution in [0.4, 0.5) is 4.79 Å². The lowest BCUT2D eigenvalue weighted by molar-refractivity contribution is -0.133. The van der Waals surface area contributed by atoms with Crippen LogP contribution >= 0.6 is 0 Å². The first kappa shape index (κ1) is 24.0. The Morgan fingerprint density at radius 2 is 1.81 bits per heavy atom. The van der Waals surface area contributed by atoms with Crippen LogP contribution in [0, 0.1) is 0 Å². The van der Waals surface area contributed by atoms with Crippen LogP contribution in [0.1, 0.15) is 58.9 Å². The topological polar surface area (TPSA) is 99.8 Å². The molecule has 1 aliphatic heterocycles. The Kier molecular flexibility index (Phi) is 7.77. The third-order valence-corrected chi connectivity index (χ3v) is 5.98. The number of rotatable bonds is 6. The van der Waals surface area contributed by atoms with Crippen molar-refractivity contribution in [3.8, 4) is 0 Å². The number of hydrogen-bond donors (Lipinski definition) is 3. The van der Waals surface area contributed by atoms with Gasteiger partial charge in [-0.1, -0.05) is 30.3 Å². The van der Waals surface area contributed by atoms with Crippen molar-refractivity contribution < 1.29 is 19.1 Å². The molecule has 176 valence electrons. The molecule has 3 N–H and O–H groups in total. The van der Waals surface area contributed by atoms with E-state index in [-0.39, 0.29) is 42.1 Å². The molecule has 32 heavy (non-hydrogen) atoms. The molecule has 0 bridgehead atoms. The van der Waals surface area contributed by atoms with Gasteiger partial charge in [0, 0.05) is 25.0 Å². The summed E-state index contributed by atoms with van der Waals surface area (Å²) < 4.78 is 5.27. The third kappa shape index (κ3) is 6.69. The zero-order chi connectivity index (χ0) is 23.3. The van der Waals surface area contributed by atoms with Crippen molar-refractivity contribution in [1.82, 2.24) is 20.9 Å². The van der Waals surface area contributed by atoms with Crippen LogP contribution in [0.25, 0.3) is 0 Å². The van der Waals surface area contributed by atoms with E-state index in [1.807, 2.05) is 35.2 Å². The molecule has 1 aromatic carbocycles. The zero-order valence-electron chi connectivity index (χ0n) is 19.5. The fourth-order valence-corrected chi connectivity index (χ4v) is 4.76. The van der Waals surface area contributed by atoms with Gasteiger partial charge in [-0.25, -0.2) is 4.79 Å². The van der Waals surface area contributed by atoms with Gasteiger partial charge in [0.15, 0.2) is 0 Å². The van der Waals surface area contributed by atoms with E-state index in [2.05, 4.69) is 36.7 Å². The van der Waals surface area contributed by atoms with Crippen molar-refractivity contribution in [3.05, 3.63) is 35.9 Å². The van der Waals surface area contributed by atoms with Gasteiger partial charge in [-0.3, -0.25) is 9.59 Å². The third-order valence-electron chi connectivity index (χ3n) is 5.98. The van der Waals surface area contributed by atoms with E-state index in [9.17, 15) is 14.4 Å². The number of nitrogens with one attached hydrogen (secondary N) is 3. The van der Waals surface area contributed by atoms with Gasteiger partial charge in [0.05, 0.1) is 12.1 Å². The van der Waals surface area contributed by atoms with Crippen LogP contribution in [0.3, 0.4) is 0 Å². The highest BCUT2D eigenvalue weighted by molar-refractivity contribution is 5.88. The number of ether oxygens (including phenoxy) is 1. The van der Waals surface area contributed by atoms with Crippen LogP contribution < -0.4 is 16.0 Å². The smallest absolute Gasteiger partial charge is 0.408 e. The number of alkyl carbamates (subject to hydrolysis) is 1. The average molecular weight is 445 g/mol. The highest BCUT2D eigenvalue weighted by Crippen LogP contribution is 2.28. The second-order valence-electron chi connectivity index (χ2n) is 9.86. The minimum Gasteiger partial charge on any atom is -0.445 e. The molecule has 8 heteroatoms. The summed E-state index contributed by atoms with van der Waals surface area (Å²) in [6.07, 6.45) is 2.44. The molecular formula is C24H36N4O4. The number of benzene rings is 1. The second kappa shape index (κ2) is 10.3. The molecule has 1 saturated heterocycles. The molecule has 8 nitrogen and oxygen atoms in total. The van der Waals surface area contributed by atoms with Crippen molar-refractivity contribution in [3.63, 3.8) is 0 Å². The van der Waals surface area contributed by atoms with Gasteiger partial charge in [-0.2, -0.15) is 0 Å². The van der Waals surface area contributed by atoms with Crippen molar-refractivity contribution in [2.75, 3.05) is 6.54 Å². The van der Waals surface area contributed by atoms with E-state index >= 15 is 0 Å². The van der Waals surface area contributed by atoms with Gasteiger partial charge < -0.3 is 25.6 Å². The van der Waals surface area contributed by atoms with Crippen LogP contribution in [0.15, 0.2) is 30.3 Å². The summed E-state index contributed by atoms with van der Waals surface area (Å²) >= 11 is 0. The number of nitrogens with zero attached hydrogens (tertiary/aromatic N) is 1. The lowest BCUT2D eigenvalue weighted by atomic mass is 9.84. The quantitative estimate of drug-likeness (QED) is 0.625. The minimum atomic E-state index is -0.596. The van der Waals surface area contributed by atoms with Crippen molar-refractivity contribution >= 4 is 17.9 Å². The standard InChI is InChI=1S/C24H36N4O4/c1-16(29)25-20-14-18(27-24(2,3)4)10-11-21(20)28-13-12-19(22(28)30)26-23(31)32-15-17-8-6-5-7-9-17/h5-9,18-21,27H,10-15H2,1-4H3,(H,25,29)(H,26,31)/t18-,19?,20?,21?/m1/s1. The number of carbonyl (C=O) groups excluding carboxylic acids is 3. The van der Waals surface area contributed by atoms with E-state index in [4.69, 9.17) is 4.74 Å². The molecule has 1 aromatic rings. The van der Waals surface area contributed by atoms with Gasteiger partial charge in [-0.15, -0.1) is 0 Å². The number of hydrogen-bond acceptors (Lipinski definition) is 5. The van der Waals surface area contributed by atoms with Gasteiger partial charge in [0.1, 0.15) is 12.6 Å². The molecular weight excluding hydrogens is 408 g/mol. The summed E-state index contributed by atoms with van der Waals surface area (Å²) in [6, 6.07) is 8.91. The Hall–Kier alpha value is -2.61. The Balaban J connectivity index is 1.56. The second-order valence-corrected chi connectivity index (χ2v) is 9.86. The molecule has 0 aromatic heterocycles. The van der Waals surface area contributed by atoms with E-state index in [1.54, 1.807) is 0 Å². The highest BCUT2D eigenvalue weighted by Gasteiger charge is 2.43. The minimum absolute atomic E-state index is 0.0170. The molecule has 3 amide bonds. The molecule has 3 unspecified atom stereocenters. The maximum Gasteiger partial charge on any atom is 0.408 e. The first-order valence-electron chi connectivity index (χ1n) is 11.4. The van der Waals surface area contributed by atoms with E-state index < -0.39 is 12.1 Å². The molecule has 1 aliphatic carbocycles. The van der Waals surface area contributed by atoms with E-state index in [1.165, 1.54) is 6.92 Å². The first-order valence-corrected chi connectivity index (χ1v) is 11.4. The first-order chi connectivity index (χ1) is 15.1. The van der Waals surface area contributed by atoms with Crippen LogP contribution in [0.5, 0.6) is 0 Å². The summed E-state index contributed by atoms with van der Waals surface area (Å²) in [4.78, 5) is 39.0. The Morgan fingerprint density at radius 1 is 1.09 bits per heavy atom. The predicted octanol–water partition coefficient (Wildman–Crippen LogP) is 2.33. The van der Waals surface area contributed by atoms with Gasteiger partial charge in [-0.05, 0) is 52.0 Å². The summed E-state index contributed by atoms with van der Waals surface area (Å²) in [6.45, 7) is 8.61. The van der Waals surface area contributed by atoms with Crippen LogP contribution in [-0.4, -0.2) is 59.1 Å². The summed E-state index contributed by atoms with van der Waals surface area (Å²) in [5.74, 6) is -0.202. The average Bonchev–Trinajstić information content (AvgIpc) is 3.06. The van der Waals surface area contributed by atoms with Gasteiger partial charge in [0.2, 0.25) is 11.8 Å². The van der Waals surface area contributed by atoms with Crippen LogP contribution in [0.2, 0.25) is 0 Å². The molecule has 0 radical (unpaired) electrons. The van der Waals surface area contributed by atoms with Gasteiger partial charge >= 0.3 is 6.09 Å². The Labute approximate surface area is 190 Å². The molecule has 0 spiro atoms. The summed E-state index contributed by atoms with van der Waals surface area (Å²) in [5.41, 5.74) is 0.873. The summed E-state index contributed by atoms with van der Waals surface area (Å²) in [7, 11) is 0. The lowest BCUT2D eigenvalue weighted by Gasteiger charge is -2.43. The zero-order valence-corrected chi connectivity index (χ0v) is 19.5. The molecule has 3 rings (SSSR count). The number of carbonyl (C=O) groups is 3. The Bertz CT molecular complexity index is 808. The summed E-state index contributed by atoms with van der Waals surface area (Å²) in [5, 5.41) is 9.38. The fraction of sp³-hybridized carbons (Fsp3) is 0.625. The molecule has 2 aliphatic rings. The lowest BCUT2D eigenvalue weighted by Crippen LogP contribution is -2.59. The maximum absolute atomic E-state index is 13.1. The van der Waals surface area contributed by atoms with Crippen molar-refractivity contribution in [2.45, 2.75) is 89.7 Å². The SMILES string of the molecule is CC(=O)NC1C[C@H](NC(C)(C)C)CCC1N1CCC(NC(=O)OCc2ccccc2)C1=O. The Morgan fingerprint density at radius 3 is 2.47 bits per heavy atom. The van der Waals surface area contributed by atoms with Gasteiger partial charge in [0.25, 0.3) is 0 Å². The number of amides is 3. The fourth-order valence-electron chi connectivity index (χ4n) is 4.76. The molecule has 2 fully saturated rings. The van der Waals surface area contributed by atoms with E-state index in [0.29, 0.717) is 13.0 Å².